The van der Waals surface area contributed by atoms with Gasteiger partial charge in [-0.1, -0.05) is 0 Å². The number of benzene rings is 1. The summed E-state index contributed by atoms with van der Waals surface area (Å²) in [7, 11) is -0.863. The third-order valence-electron chi connectivity index (χ3n) is 4.82. The zero-order chi connectivity index (χ0) is 21.7. The van der Waals surface area contributed by atoms with E-state index in [9.17, 15) is 18.0 Å². The van der Waals surface area contributed by atoms with Crippen LogP contribution in [0.3, 0.4) is 0 Å². The van der Waals surface area contributed by atoms with Gasteiger partial charge in [-0.3, -0.25) is 14.3 Å². The van der Waals surface area contributed by atoms with Crippen molar-refractivity contribution in [1.82, 2.24) is 19.4 Å². The van der Waals surface area contributed by atoms with Crippen LogP contribution in [0.25, 0.3) is 11.3 Å². The normalized spacial score (nSPS) is 14.3. The van der Waals surface area contributed by atoms with Crippen LogP contribution in [0.5, 0.6) is 0 Å². The number of fused-ring (bicyclic) bond motifs is 1. The highest BCUT2D eigenvalue weighted by Gasteiger charge is 2.39. The summed E-state index contributed by atoms with van der Waals surface area (Å²) in [4.78, 5) is 26.0. The quantitative estimate of drug-likeness (QED) is 0.783. The number of aromatic nitrogens is 2. The van der Waals surface area contributed by atoms with Gasteiger partial charge in [-0.15, -0.1) is 0 Å². The van der Waals surface area contributed by atoms with E-state index in [1.807, 2.05) is 26.8 Å². The number of nitrogens with one attached hydrogen (secondary N) is 2. The topological polar surface area (TPSA) is 113 Å². The molecule has 29 heavy (non-hydrogen) atoms. The van der Waals surface area contributed by atoms with E-state index in [4.69, 9.17) is 0 Å². The van der Waals surface area contributed by atoms with Gasteiger partial charge in [-0.05, 0) is 45.5 Å². The van der Waals surface area contributed by atoms with Crippen molar-refractivity contribution in [3.63, 3.8) is 0 Å². The highest BCUT2D eigenvalue weighted by atomic mass is 32.2. The van der Waals surface area contributed by atoms with E-state index in [2.05, 4.69) is 15.1 Å². The van der Waals surface area contributed by atoms with Crippen molar-refractivity contribution in [2.45, 2.75) is 44.7 Å². The fraction of sp³-hybridized carbons (Fsp3) is 0.421. The van der Waals surface area contributed by atoms with Crippen LogP contribution in [0.4, 0.5) is 5.82 Å². The molecule has 9 nitrogen and oxygen atoms in total. The summed E-state index contributed by atoms with van der Waals surface area (Å²) >= 11 is 0. The molecule has 10 heteroatoms. The fourth-order valence-corrected chi connectivity index (χ4v) is 4.40. The summed E-state index contributed by atoms with van der Waals surface area (Å²) < 4.78 is 29.3. The molecule has 156 valence electrons. The summed E-state index contributed by atoms with van der Waals surface area (Å²) in [6, 6.07) is 4.95. The number of amides is 2. The Morgan fingerprint density at radius 3 is 2.41 bits per heavy atom. The van der Waals surface area contributed by atoms with Crippen LogP contribution in [0.15, 0.2) is 23.1 Å². The van der Waals surface area contributed by atoms with Gasteiger partial charge in [0.2, 0.25) is 15.9 Å². The number of hydrogen-bond acceptors (Lipinski definition) is 5. The molecule has 0 radical (unpaired) electrons. The third-order valence-corrected chi connectivity index (χ3v) is 6.26. The number of carbonyl (C=O) groups excluding carboxylic acids is 2. The smallest absolute Gasteiger partial charge is 0.256 e. The molecule has 0 aliphatic carbocycles. The zero-order valence-corrected chi connectivity index (χ0v) is 18.1. The SMILES string of the molecule is CNS(=O)(=O)c1cc(-c2cc(NC(C)=O)nn2C)cc2c1C(=O)N(C(C)(C)C)C2. The predicted molar refractivity (Wildman–Crippen MR) is 109 cm³/mol. The molecule has 2 amide bonds. The minimum Gasteiger partial charge on any atom is -0.329 e. The Balaban J connectivity index is 2.22. The van der Waals surface area contributed by atoms with Crippen LogP contribution in [-0.2, 0) is 28.4 Å². The van der Waals surface area contributed by atoms with Crippen LogP contribution in [0.2, 0.25) is 0 Å². The van der Waals surface area contributed by atoms with Gasteiger partial charge in [0.25, 0.3) is 5.91 Å². The first-order valence-corrected chi connectivity index (χ1v) is 10.6. The highest BCUT2D eigenvalue weighted by molar-refractivity contribution is 7.89. The van der Waals surface area contributed by atoms with Crippen molar-refractivity contribution in [2.24, 2.45) is 7.05 Å². The van der Waals surface area contributed by atoms with Crippen LogP contribution < -0.4 is 10.0 Å². The number of hydrogen-bond donors (Lipinski definition) is 2. The predicted octanol–water partition coefficient (Wildman–Crippen LogP) is 1.71. The molecule has 2 N–H and O–H groups in total. The second-order valence-corrected chi connectivity index (χ2v) is 9.85. The summed E-state index contributed by atoms with van der Waals surface area (Å²) in [5, 5.41) is 6.86. The molecule has 3 rings (SSSR count). The molecule has 0 atom stereocenters. The molecule has 2 aromatic rings. The second kappa shape index (κ2) is 6.96. The van der Waals surface area contributed by atoms with Crippen molar-refractivity contribution >= 4 is 27.7 Å². The minimum atomic E-state index is -3.88. The van der Waals surface area contributed by atoms with Crippen LogP contribution in [0, 0.1) is 0 Å². The van der Waals surface area contributed by atoms with Crippen LogP contribution in [0.1, 0.15) is 43.6 Å². The summed E-state index contributed by atoms with van der Waals surface area (Å²) in [5.74, 6) is -0.203. The summed E-state index contributed by atoms with van der Waals surface area (Å²) in [6.07, 6.45) is 0. The first kappa shape index (κ1) is 21.0. The lowest BCUT2D eigenvalue weighted by Gasteiger charge is -2.31. The van der Waals surface area contributed by atoms with E-state index >= 15 is 0 Å². The summed E-state index contributed by atoms with van der Waals surface area (Å²) in [6.45, 7) is 7.42. The van der Waals surface area contributed by atoms with E-state index < -0.39 is 15.6 Å². The Hall–Kier alpha value is -2.72. The van der Waals surface area contributed by atoms with Gasteiger partial charge in [-0.2, -0.15) is 5.10 Å². The van der Waals surface area contributed by atoms with E-state index in [-0.39, 0.29) is 22.3 Å². The zero-order valence-electron chi connectivity index (χ0n) is 17.3. The molecule has 0 saturated carbocycles. The fourth-order valence-electron chi connectivity index (χ4n) is 3.41. The monoisotopic (exact) mass is 419 g/mol. The molecule has 1 aromatic carbocycles. The Morgan fingerprint density at radius 1 is 1.21 bits per heavy atom. The number of carbonyl (C=O) groups is 2. The Bertz CT molecular complexity index is 1110. The maximum Gasteiger partial charge on any atom is 0.256 e. The minimum absolute atomic E-state index is 0.0634. The van der Waals surface area contributed by atoms with Gasteiger partial charge < -0.3 is 10.2 Å². The first-order chi connectivity index (χ1) is 13.3. The van der Waals surface area contributed by atoms with Gasteiger partial charge >= 0.3 is 0 Å². The summed E-state index contributed by atoms with van der Waals surface area (Å²) in [5.41, 5.74) is 1.58. The maximum atomic E-state index is 13.0. The molecule has 1 aliphatic heterocycles. The van der Waals surface area contributed by atoms with Gasteiger partial charge in [0.05, 0.1) is 16.2 Å². The molecule has 1 aromatic heterocycles. The standard InChI is InChI=1S/C19H25N5O4S/c1-11(25)21-16-9-14(23(6)22-16)12-7-13-10-24(19(2,3)4)18(26)17(13)15(8-12)29(27,28)20-5/h7-9,20H,10H2,1-6H3,(H,21,22,25). The Kier molecular flexibility index (Phi) is 5.04. The van der Waals surface area contributed by atoms with E-state index in [0.717, 1.165) is 0 Å². The first-order valence-electron chi connectivity index (χ1n) is 9.09. The molecular weight excluding hydrogens is 394 g/mol. The number of aryl methyl sites for hydroxylation is 1. The van der Waals surface area contributed by atoms with Gasteiger partial charge in [0.1, 0.15) is 0 Å². The molecular formula is C19H25N5O4S. The molecule has 0 saturated heterocycles. The number of rotatable bonds is 4. The number of nitrogens with zero attached hydrogens (tertiary/aromatic N) is 3. The van der Waals surface area contributed by atoms with Crippen molar-refractivity contribution in [1.29, 1.82) is 0 Å². The van der Waals surface area contributed by atoms with Gasteiger partial charge in [0, 0.05) is 37.7 Å². The highest BCUT2D eigenvalue weighted by Crippen LogP contribution is 2.37. The average molecular weight is 420 g/mol. The van der Waals surface area contributed by atoms with Gasteiger partial charge in [-0.25, -0.2) is 13.1 Å². The Morgan fingerprint density at radius 2 is 1.86 bits per heavy atom. The number of sulfonamides is 1. The maximum absolute atomic E-state index is 13.0. The molecule has 1 aliphatic rings. The van der Waals surface area contributed by atoms with Crippen molar-refractivity contribution in [2.75, 3.05) is 12.4 Å². The molecule has 2 heterocycles. The van der Waals surface area contributed by atoms with Crippen LogP contribution in [-0.4, -0.2) is 47.5 Å². The van der Waals surface area contributed by atoms with Gasteiger partial charge in [0.15, 0.2) is 5.82 Å². The number of anilines is 1. The molecule has 0 fully saturated rings. The lowest BCUT2D eigenvalue weighted by Crippen LogP contribution is -2.41. The molecule has 0 spiro atoms. The second-order valence-electron chi connectivity index (χ2n) is 8.00. The lowest BCUT2D eigenvalue weighted by molar-refractivity contribution is -0.114. The largest absolute Gasteiger partial charge is 0.329 e. The van der Waals surface area contributed by atoms with Crippen LogP contribution >= 0.6 is 0 Å². The van der Waals surface area contributed by atoms with Crippen molar-refractivity contribution in [3.05, 3.63) is 29.3 Å². The lowest BCUT2D eigenvalue weighted by atomic mass is 10.0. The average Bonchev–Trinajstić information content (AvgIpc) is 3.13. The molecule has 0 bridgehead atoms. The van der Waals surface area contributed by atoms with E-state index in [0.29, 0.717) is 29.2 Å². The van der Waals surface area contributed by atoms with Crippen molar-refractivity contribution < 1.29 is 18.0 Å². The van der Waals surface area contributed by atoms with E-state index in [1.165, 1.54) is 20.0 Å². The van der Waals surface area contributed by atoms with E-state index in [1.54, 1.807) is 22.7 Å². The van der Waals surface area contributed by atoms with Crippen molar-refractivity contribution in [3.8, 4) is 11.3 Å². The molecule has 0 unspecified atom stereocenters. The Labute approximate surface area is 170 Å². The third kappa shape index (κ3) is 3.77.